The quantitative estimate of drug-likeness (QED) is 0.445. The van der Waals surface area contributed by atoms with Crippen molar-refractivity contribution in [3.05, 3.63) is 77.9 Å². The van der Waals surface area contributed by atoms with E-state index in [1.807, 2.05) is 0 Å². The zero-order chi connectivity index (χ0) is 14.4. The molecule has 0 aromatic heterocycles. The summed E-state index contributed by atoms with van der Waals surface area (Å²) in [5.74, 6) is 0. The van der Waals surface area contributed by atoms with Gasteiger partial charge in [0.25, 0.3) is 0 Å². The second-order valence-corrected chi connectivity index (χ2v) is 8.38. The van der Waals surface area contributed by atoms with Crippen molar-refractivity contribution >= 4 is 41.7 Å². The van der Waals surface area contributed by atoms with Gasteiger partial charge in [-0.05, 0) is 0 Å². The van der Waals surface area contributed by atoms with Crippen LogP contribution in [-0.2, 0) is 27.8 Å². The van der Waals surface area contributed by atoms with Crippen molar-refractivity contribution in [1.29, 1.82) is 0 Å². The molecule has 3 aromatic carbocycles. The smallest absolute Gasteiger partial charge is 0.147 e. The van der Waals surface area contributed by atoms with E-state index in [0.29, 0.717) is 0 Å². The van der Waals surface area contributed by atoms with Crippen molar-refractivity contribution in [1.82, 2.24) is 0 Å². The average Bonchev–Trinajstić information content (AvgIpc) is 2.83. The SMILES string of the molecule is C[C]1([Zr])C=Cc2c(-c3cccc4ccccc34)cccc21.Cl.Cl. The number of hydrogen-bond acceptors (Lipinski definition) is 0. The molecule has 0 radical (unpaired) electrons. The van der Waals surface area contributed by atoms with Gasteiger partial charge in [-0.3, -0.25) is 0 Å². The van der Waals surface area contributed by atoms with E-state index in [1.165, 1.54) is 33.0 Å². The maximum atomic E-state index is 2.35. The minimum Gasteiger partial charge on any atom is -0.147 e. The zero-order valence-corrected chi connectivity index (χ0v) is 16.8. The molecule has 0 saturated carbocycles. The largest absolute Gasteiger partial charge is 0.147 e. The van der Waals surface area contributed by atoms with E-state index in [4.69, 9.17) is 0 Å². The van der Waals surface area contributed by atoms with Gasteiger partial charge in [0.15, 0.2) is 0 Å². The number of hydrogen-bond donors (Lipinski definition) is 0. The van der Waals surface area contributed by atoms with Crippen LogP contribution in [0.5, 0.6) is 0 Å². The summed E-state index contributed by atoms with van der Waals surface area (Å²) < 4.78 is 0.225. The van der Waals surface area contributed by atoms with Crippen molar-refractivity contribution in [3.8, 4) is 11.1 Å². The van der Waals surface area contributed by atoms with Gasteiger partial charge in [0, 0.05) is 0 Å². The van der Waals surface area contributed by atoms with E-state index < -0.39 is 0 Å². The van der Waals surface area contributed by atoms with E-state index >= 15 is 0 Å². The third kappa shape index (κ3) is 3.07. The Labute approximate surface area is 164 Å². The van der Waals surface area contributed by atoms with Crippen LogP contribution in [0.2, 0.25) is 0 Å². The molecule has 1 atom stereocenters. The Morgan fingerprint density at radius 1 is 0.783 bits per heavy atom. The Hall–Kier alpha value is -0.877. The summed E-state index contributed by atoms with van der Waals surface area (Å²) in [6.45, 7) is 2.32. The van der Waals surface area contributed by atoms with Crippen LogP contribution in [-0.4, -0.2) is 0 Å². The first kappa shape index (κ1) is 18.5. The Morgan fingerprint density at radius 2 is 1.43 bits per heavy atom. The molecule has 1 unspecified atom stereocenters. The van der Waals surface area contributed by atoms with Crippen LogP contribution in [0, 0.1) is 0 Å². The molecule has 3 heteroatoms. The van der Waals surface area contributed by atoms with Crippen LogP contribution in [0.3, 0.4) is 0 Å². The molecule has 115 valence electrons. The maximum Gasteiger partial charge on any atom is -0.147 e. The van der Waals surface area contributed by atoms with Gasteiger partial charge in [-0.1, -0.05) is 0 Å². The molecular weight excluding hydrogens is 402 g/mol. The topological polar surface area (TPSA) is 0 Å². The molecule has 0 bridgehead atoms. The van der Waals surface area contributed by atoms with Gasteiger partial charge < -0.3 is 0 Å². The third-order valence-electron chi connectivity index (χ3n) is 4.33. The van der Waals surface area contributed by atoms with Gasteiger partial charge in [0.1, 0.15) is 0 Å². The Kier molecular flexibility index (Phi) is 5.57. The molecular formula is C20H17Cl2Zr. The summed E-state index contributed by atoms with van der Waals surface area (Å²) in [5.41, 5.74) is 5.55. The molecule has 0 N–H and O–H groups in total. The summed E-state index contributed by atoms with van der Waals surface area (Å²) in [6, 6.07) is 22.0. The summed E-state index contributed by atoms with van der Waals surface area (Å²) in [6.07, 6.45) is 4.66. The Morgan fingerprint density at radius 3 is 2.26 bits per heavy atom. The molecule has 3 aromatic rings. The summed E-state index contributed by atoms with van der Waals surface area (Å²) in [4.78, 5) is 0. The number of rotatable bonds is 1. The second kappa shape index (κ2) is 6.93. The fourth-order valence-electron chi connectivity index (χ4n) is 3.23. The van der Waals surface area contributed by atoms with E-state index in [9.17, 15) is 0 Å². The standard InChI is InChI=1S/C20H15.2ClH.Zr/c1-14-12-13-20-16(14)9-5-11-19(20)18-10-4-7-15-6-2-3-8-17(15)18;;;/h2-13H,1H3;2*1H;. The maximum absolute atomic E-state index is 2.35. The summed E-state index contributed by atoms with van der Waals surface area (Å²) in [7, 11) is 0. The van der Waals surface area contributed by atoms with E-state index in [2.05, 4.69) is 79.7 Å². The molecule has 0 fully saturated rings. The van der Waals surface area contributed by atoms with Crippen molar-refractivity contribution in [2.24, 2.45) is 0 Å². The molecule has 0 nitrogen and oxygen atoms in total. The fraction of sp³-hybridized carbons (Fsp3) is 0.100. The van der Waals surface area contributed by atoms with Gasteiger partial charge in [0.05, 0.1) is 0 Å². The number of allylic oxidation sites excluding steroid dienone is 1. The minimum atomic E-state index is 0. The predicted molar refractivity (Wildman–Crippen MR) is 100 cm³/mol. The molecule has 4 rings (SSSR count). The monoisotopic (exact) mass is 417 g/mol. The Bertz CT molecular complexity index is 876. The van der Waals surface area contributed by atoms with Crippen LogP contribution in [0.4, 0.5) is 0 Å². The third-order valence-corrected chi connectivity index (χ3v) is 5.40. The van der Waals surface area contributed by atoms with Crippen LogP contribution in [0.1, 0.15) is 18.1 Å². The molecule has 0 aliphatic heterocycles. The zero-order valence-electron chi connectivity index (χ0n) is 12.7. The van der Waals surface area contributed by atoms with Crippen LogP contribution in [0.25, 0.3) is 28.0 Å². The predicted octanol–water partition coefficient (Wildman–Crippen LogP) is 6.14. The average molecular weight is 419 g/mol. The van der Waals surface area contributed by atoms with Crippen molar-refractivity contribution in [2.75, 3.05) is 0 Å². The van der Waals surface area contributed by atoms with Gasteiger partial charge in [-0.2, -0.15) is 0 Å². The molecule has 23 heavy (non-hydrogen) atoms. The second-order valence-electron chi connectivity index (χ2n) is 5.83. The van der Waals surface area contributed by atoms with E-state index in [-0.39, 0.29) is 27.9 Å². The van der Waals surface area contributed by atoms with Crippen LogP contribution in [0.15, 0.2) is 66.7 Å². The Balaban J connectivity index is 0.000000960. The molecule has 0 heterocycles. The number of halogens is 2. The van der Waals surface area contributed by atoms with Gasteiger partial charge in [-0.15, -0.1) is 24.8 Å². The molecule has 0 spiro atoms. The summed E-state index contributed by atoms with van der Waals surface area (Å²) >= 11 is 1.55. The molecule has 0 amide bonds. The molecule has 0 saturated heterocycles. The van der Waals surface area contributed by atoms with Crippen LogP contribution >= 0.6 is 24.8 Å². The molecule has 1 aliphatic carbocycles. The normalized spacial score (nSPS) is 18.1. The van der Waals surface area contributed by atoms with Crippen LogP contribution < -0.4 is 0 Å². The van der Waals surface area contributed by atoms with Gasteiger partial charge in [-0.25, -0.2) is 0 Å². The molecule has 1 aliphatic rings. The van der Waals surface area contributed by atoms with Crippen molar-refractivity contribution in [2.45, 2.75) is 10.0 Å². The van der Waals surface area contributed by atoms with Gasteiger partial charge in [0.2, 0.25) is 0 Å². The van der Waals surface area contributed by atoms with E-state index in [1.54, 1.807) is 24.7 Å². The van der Waals surface area contributed by atoms with Gasteiger partial charge >= 0.3 is 141 Å². The number of benzene rings is 3. The number of fused-ring (bicyclic) bond motifs is 2. The van der Waals surface area contributed by atoms with Crippen molar-refractivity contribution in [3.63, 3.8) is 0 Å². The first-order valence-corrected chi connectivity index (χ1v) is 8.46. The van der Waals surface area contributed by atoms with Crippen molar-refractivity contribution < 1.29 is 24.7 Å². The summed E-state index contributed by atoms with van der Waals surface area (Å²) in [5, 5.41) is 2.64. The minimum absolute atomic E-state index is 0. The fourth-order valence-corrected chi connectivity index (χ4v) is 3.97. The first-order valence-electron chi connectivity index (χ1n) is 7.23. The van der Waals surface area contributed by atoms with E-state index in [0.717, 1.165) is 0 Å². The first-order chi connectivity index (χ1) is 10.2.